The van der Waals surface area contributed by atoms with E-state index in [0.717, 1.165) is 0 Å². The van der Waals surface area contributed by atoms with Crippen molar-refractivity contribution in [2.45, 2.75) is 53.1 Å². The SMILES string of the molecule is COC(=O)c1sc2nc(C[NH2+][C@H](c3ccc(C(C)C)cc3)C(C)C)[nH]c(=O)c2c1C. The normalized spacial score (nSPS) is 12.7. The molecule has 1 aromatic carbocycles. The molecule has 7 heteroatoms. The number of esters is 1. The number of methoxy groups -OCH3 is 1. The molecule has 1 atom stereocenters. The van der Waals surface area contributed by atoms with E-state index in [1.807, 2.05) is 0 Å². The van der Waals surface area contributed by atoms with Gasteiger partial charge in [-0.3, -0.25) is 4.79 Å². The van der Waals surface area contributed by atoms with Crippen molar-refractivity contribution in [3.63, 3.8) is 0 Å². The Morgan fingerprint density at radius 3 is 2.37 bits per heavy atom. The van der Waals surface area contributed by atoms with Crippen molar-refractivity contribution in [1.29, 1.82) is 0 Å². The number of hydrogen-bond donors (Lipinski definition) is 2. The van der Waals surface area contributed by atoms with Gasteiger partial charge in [0.15, 0.2) is 5.82 Å². The van der Waals surface area contributed by atoms with E-state index in [9.17, 15) is 9.59 Å². The van der Waals surface area contributed by atoms with Crippen molar-refractivity contribution in [1.82, 2.24) is 9.97 Å². The lowest BCUT2D eigenvalue weighted by Gasteiger charge is -2.20. The molecule has 0 aliphatic heterocycles. The van der Waals surface area contributed by atoms with Gasteiger partial charge in [0.1, 0.15) is 22.3 Å². The standard InChI is InChI=1S/C23H29N3O3S/c1-12(2)15-7-9-16(10-8-15)19(13(3)4)24-11-17-25-21(27)18-14(5)20(23(28)29-6)30-22(18)26-17/h7-10,12-13,19,24H,11H2,1-6H3,(H,25,26,27)/p+1/t19-/m0/s1. The lowest BCUT2D eigenvalue weighted by atomic mass is 9.93. The lowest BCUT2D eigenvalue weighted by Crippen LogP contribution is -2.85. The van der Waals surface area contributed by atoms with Gasteiger partial charge in [-0.15, -0.1) is 11.3 Å². The first-order valence-corrected chi connectivity index (χ1v) is 11.1. The number of nitrogens with two attached hydrogens (primary N) is 1. The summed E-state index contributed by atoms with van der Waals surface area (Å²) >= 11 is 1.21. The van der Waals surface area contributed by atoms with E-state index < -0.39 is 5.97 Å². The monoisotopic (exact) mass is 428 g/mol. The predicted octanol–water partition coefficient (Wildman–Crippen LogP) is 3.66. The van der Waals surface area contributed by atoms with Gasteiger partial charge in [0, 0.05) is 11.5 Å². The van der Waals surface area contributed by atoms with Gasteiger partial charge in [0.2, 0.25) is 0 Å². The smallest absolute Gasteiger partial charge is 0.348 e. The van der Waals surface area contributed by atoms with E-state index in [1.54, 1.807) is 6.92 Å². The fourth-order valence-electron chi connectivity index (χ4n) is 3.71. The minimum atomic E-state index is -0.437. The molecule has 0 unspecified atom stereocenters. The minimum absolute atomic E-state index is 0.213. The maximum atomic E-state index is 12.6. The number of fused-ring (bicyclic) bond motifs is 1. The van der Waals surface area contributed by atoms with Gasteiger partial charge in [0.25, 0.3) is 5.56 Å². The number of quaternary nitrogens is 1. The summed E-state index contributed by atoms with van der Waals surface area (Å²) in [5, 5.41) is 2.68. The molecule has 160 valence electrons. The van der Waals surface area contributed by atoms with Crippen LogP contribution >= 0.6 is 11.3 Å². The highest BCUT2D eigenvalue weighted by molar-refractivity contribution is 7.20. The number of aromatic amines is 1. The number of H-pyrrole nitrogens is 1. The number of ether oxygens (including phenoxy) is 1. The van der Waals surface area contributed by atoms with Gasteiger partial charge in [-0.2, -0.15) is 0 Å². The summed E-state index contributed by atoms with van der Waals surface area (Å²) in [5.74, 6) is 1.09. The molecular formula is C23H30N3O3S+. The molecule has 0 radical (unpaired) electrons. The largest absolute Gasteiger partial charge is 0.465 e. The molecule has 0 aliphatic carbocycles. The highest BCUT2D eigenvalue weighted by Gasteiger charge is 2.22. The van der Waals surface area contributed by atoms with Crippen LogP contribution in [0.15, 0.2) is 29.1 Å². The van der Waals surface area contributed by atoms with Crippen LogP contribution in [0.25, 0.3) is 10.2 Å². The maximum Gasteiger partial charge on any atom is 0.348 e. The molecule has 2 aromatic heterocycles. The van der Waals surface area contributed by atoms with Gasteiger partial charge in [-0.05, 0) is 24.0 Å². The van der Waals surface area contributed by atoms with E-state index in [1.165, 1.54) is 29.6 Å². The number of benzene rings is 1. The van der Waals surface area contributed by atoms with Crippen LogP contribution in [0.5, 0.6) is 0 Å². The number of carbonyl (C=O) groups excluding carboxylic acids is 1. The number of aromatic nitrogens is 2. The Labute approximate surface area is 180 Å². The molecule has 3 rings (SSSR count). The molecular weight excluding hydrogens is 398 g/mol. The molecule has 0 saturated heterocycles. The van der Waals surface area contributed by atoms with Crippen molar-refractivity contribution in [3.05, 3.63) is 62.0 Å². The fraction of sp³-hybridized carbons (Fsp3) is 0.435. The number of nitrogens with zero attached hydrogens (tertiary/aromatic N) is 1. The third-order valence-corrected chi connectivity index (χ3v) is 6.66. The number of thiophene rings is 1. The topological polar surface area (TPSA) is 88.7 Å². The summed E-state index contributed by atoms with van der Waals surface area (Å²) in [6.07, 6.45) is 0. The van der Waals surface area contributed by atoms with Crippen molar-refractivity contribution >= 4 is 27.5 Å². The zero-order valence-electron chi connectivity index (χ0n) is 18.4. The zero-order chi connectivity index (χ0) is 22.0. The Kier molecular flexibility index (Phi) is 6.73. The van der Waals surface area contributed by atoms with Crippen molar-refractivity contribution < 1.29 is 14.8 Å². The van der Waals surface area contributed by atoms with Crippen molar-refractivity contribution in [2.24, 2.45) is 5.92 Å². The second-order valence-corrected chi connectivity index (χ2v) is 9.27. The van der Waals surface area contributed by atoms with Crippen LogP contribution in [0.1, 0.15) is 71.8 Å². The summed E-state index contributed by atoms with van der Waals surface area (Å²) in [6.45, 7) is 11.1. The number of rotatable bonds is 7. The van der Waals surface area contributed by atoms with Crippen LogP contribution in [-0.4, -0.2) is 23.0 Å². The van der Waals surface area contributed by atoms with Gasteiger partial charge >= 0.3 is 5.97 Å². The summed E-state index contributed by atoms with van der Waals surface area (Å²) in [7, 11) is 1.34. The third kappa shape index (κ3) is 4.47. The van der Waals surface area contributed by atoms with Crippen molar-refractivity contribution in [3.8, 4) is 0 Å². The van der Waals surface area contributed by atoms with Gasteiger partial charge < -0.3 is 15.0 Å². The molecule has 0 amide bonds. The highest BCUT2D eigenvalue weighted by Crippen LogP contribution is 2.27. The third-order valence-electron chi connectivity index (χ3n) is 5.49. The Morgan fingerprint density at radius 2 is 1.80 bits per heavy atom. The summed E-state index contributed by atoms with van der Waals surface area (Å²) in [6, 6.07) is 9.03. The molecule has 0 spiro atoms. The first kappa shape index (κ1) is 22.2. The summed E-state index contributed by atoms with van der Waals surface area (Å²) in [5.41, 5.74) is 3.00. The number of hydrogen-bond acceptors (Lipinski definition) is 5. The maximum absolute atomic E-state index is 12.6. The first-order valence-electron chi connectivity index (χ1n) is 10.3. The molecule has 0 fully saturated rings. The lowest BCUT2D eigenvalue weighted by molar-refractivity contribution is -0.718. The summed E-state index contributed by atoms with van der Waals surface area (Å²) < 4.78 is 4.82. The predicted molar refractivity (Wildman–Crippen MR) is 120 cm³/mol. The van der Waals surface area contributed by atoms with Crippen LogP contribution in [0.4, 0.5) is 0 Å². The number of carbonyl (C=O) groups is 1. The average Bonchev–Trinajstić information content (AvgIpc) is 3.04. The quantitative estimate of drug-likeness (QED) is 0.562. The van der Waals surface area contributed by atoms with E-state index in [4.69, 9.17) is 4.74 Å². The van der Waals surface area contributed by atoms with Crippen LogP contribution in [0.3, 0.4) is 0 Å². The van der Waals surface area contributed by atoms with E-state index in [-0.39, 0.29) is 11.6 Å². The molecule has 2 heterocycles. The van der Waals surface area contributed by atoms with E-state index in [2.05, 4.69) is 67.2 Å². The molecule has 3 N–H and O–H groups in total. The van der Waals surface area contributed by atoms with Gasteiger partial charge in [0.05, 0.1) is 12.5 Å². The molecule has 0 aliphatic rings. The van der Waals surface area contributed by atoms with Crippen LogP contribution < -0.4 is 10.9 Å². The Balaban J connectivity index is 1.85. The Bertz CT molecular complexity index is 1100. The second-order valence-electron chi connectivity index (χ2n) is 8.27. The zero-order valence-corrected chi connectivity index (χ0v) is 19.2. The average molecular weight is 429 g/mol. The number of nitrogens with one attached hydrogen (secondary N) is 1. The Morgan fingerprint density at radius 1 is 1.17 bits per heavy atom. The Hall–Kier alpha value is -2.51. The minimum Gasteiger partial charge on any atom is -0.465 e. The van der Waals surface area contributed by atoms with Gasteiger partial charge in [-0.1, -0.05) is 52.0 Å². The number of aryl methyl sites for hydroxylation is 1. The molecule has 0 saturated carbocycles. The fourth-order valence-corrected chi connectivity index (χ4v) is 4.83. The van der Waals surface area contributed by atoms with E-state index >= 15 is 0 Å². The molecule has 30 heavy (non-hydrogen) atoms. The molecule has 3 aromatic rings. The van der Waals surface area contributed by atoms with Crippen LogP contribution in [0, 0.1) is 12.8 Å². The van der Waals surface area contributed by atoms with Crippen molar-refractivity contribution in [2.75, 3.05) is 7.11 Å². The first-order chi connectivity index (χ1) is 14.2. The summed E-state index contributed by atoms with van der Waals surface area (Å²) in [4.78, 5) is 33.1. The van der Waals surface area contributed by atoms with Crippen LogP contribution in [-0.2, 0) is 11.3 Å². The molecule has 0 bridgehead atoms. The van der Waals surface area contributed by atoms with Gasteiger partial charge in [-0.25, -0.2) is 9.78 Å². The second kappa shape index (κ2) is 9.10. The highest BCUT2D eigenvalue weighted by atomic mass is 32.1. The van der Waals surface area contributed by atoms with Crippen LogP contribution in [0.2, 0.25) is 0 Å². The molecule has 6 nitrogen and oxygen atoms in total. The van der Waals surface area contributed by atoms with E-state index in [0.29, 0.717) is 44.9 Å².